The second kappa shape index (κ2) is 5.77. The first-order valence-corrected chi connectivity index (χ1v) is 7.19. The van der Waals surface area contributed by atoms with E-state index in [0.717, 1.165) is 0 Å². The predicted octanol–water partition coefficient (Wildman–Crippen LogP) is 0.649. The molecule has 0 aromatic carbocycles. The van der Waals surface area contributed by atoms with Gasteiger partial charge in [0.1, 0.15) is 0 Å². The summed E-state index contributed by atoms with van der Waals surface area (Å²) < 4.78 is 32.0. The average molecular weight is 276 g/mol. The molecule has 0 N–H and O–H groups in total. The van der Waals surface area contributed by atoms with E-state index in [-0.39, 0.29) is 12.6 Å². The highest BCUT2D eigenvalue weighted by molar-refractivity contribution is 7.86. The van der Waals surface area contributed by atoms with Gasteiger partial charge in [0.15, 0.2) is 0 Å². The normalized spacial score (nSPS) is 12.9. The number of rotatable bonds is 6. The summed E-state index contributed by atoms with van der Waals surface area (Å²) in [5.41, 5.74) is 0. The molecule has 18 heavy (non-hydrogen) atoms. The minimum Gasteiger partial charge on any atom is -0.424 e. The highest BCUT2D eigenvalue weighted by Crippen LogP contribution is 2.11. The summed E-state index contributed by atoms with van der Waals surface area (Å²) in [6, 6.07) is -0.105. The van der Waals surface area contributed by atoms with Crippen LogP contribution >= 0.6 is 0 Å². The Balaban J connectivity index is 2.78. The number of hydrogen-bond acceptors (Lipinski definition) is 5. The summed E-state index contributed by atoms with van der Waals surface area (Å²) >= 11 is 0. The van der Waals surface area contributed by atoms with Crippen molar-refractivity contribution >= 4 is 10.2 Å². The van der Waals surface area contributed by atoms with Gasteiger partial charge in [0, 0.05) is 26.6 Å². The maximum atomic E-state index is 12.1. The Kier molecular flexibility index (Phi) is 4.83. The van der Waals surface area contributed by atoms with Crippen LogP contribution in [0.25, 0.3) is 0 Å². The molecule has 1 aromatic heterocycles. The number of nitrogens with zero attached hydrogens (tertiary/aromatic N) is 4. The highest BCUT2D eigenvalue weighted by Gasteiger charge is 2.27. The van der Waals surface area contributed by atoms with Crippen molar-refractivity contribution in [3.63, 3.8) is 0 Å². The highest BCUT2D eigenvalue weighted by atomic mass is 32.2. The first-order chi connectivity index (χ1) is 8.28. The predicted molar refractivity (Wildman–Crippen MR) is 67.0 cm³/mol. The van der Waals surface area contributed by atoms with Gasteiger partial charge in [0.2, 0.25) is 11.8 Å². The van der Waals surface area contributed by atoms with Crippen LogP contribution in [-0.2, 0) is 23.2 Å². The van der Waals surface area contributed by atoms with Crippen LogP contribution in [0.3, 0.4) is 0 Å². The van der Waals surface area contributed by atoms with Crippen molar-refractivity contribution in [1.29, 1.82) is 0 Å². The monoisotopic (exact) mass is 276 g/mol. The van der Waals surface area contributed by atoms with Crippen LogP contribution in [-0.4, -0.2) is 47.4 Å². The largest absolute Gasteiger partial charge is 0.424 e. The maximum Gasteiger partial charge on any atom is 0.282 e. The van der Waals surface area contributed by atoms with Crippen molar-refractivity contribution < 1.29 is 12.8 Å². The molecule has 0 spiro atoms. The van der Waals surface area contributed by atoms with E-state index < -0.39 is 10.2 Å². The smallest absolute Gasteiger partial charge is 0.282 e. The Labute approximate surface area is 108 Å². The molecule has 0 aliphatic heterocycles. The van der Waals surface area contributed by atoms with Crippen LogP contribution in [0.1, 0.15) is 32.6 Å². The van der Waals surface area contributed by atoms with E-state index in [9.17, 15) is 8.42 Å². The Hall–Kier alpha value is -0.990. The molecule has 0 atom stereocenters. The van der Waals surface area contributed by atoms with Crippen molar-refractivity contribution in [2.45, 2.75) is 39.8 Å². The third-order valence-corrected chi connectivity index (χ3v) is 4.72. The molecule has 0 saturated heterocycles. The minimum atomic E-state index is -3.50. The fourth-order valence-electron chi connectivity index (χ4n) is 1.25. The third-order valence-electron chi connectivity index (χ3n) is 2.65. The number of hydrogen-bond donors (Lipinski definition) is 0. The summed E-state index contributed by atoms with van der Waals surface area (Å²) in [5, 5.41) is 7.60. The van der Waals surface area contributed by atoms with Crippen LogP contribution in [0.5, 0.6) is 0 Å². The van der Waals surface area contributed by atoms with Crippen molar-refractivity contribution in [2.75, 3.05) is 14.1 Å². The first-order valence-electron chi connectivity index (χ1n) is 5.79. The first kappa shape index (κ1) is 15.1. The standard InChI is InChI=1S/C10H20N4O3S/c1-6-9-11-12-10(17-9)7-13(4)18(15,16)14(5)8(2)3/h8H,6-7H2,1-5H3. The van der Waals surface area contributed by atoms with E-state index in [4.69, 9.17) is 4.42 Å². The van der Waals surface area contributed by atoms with Gasteiger partial charge in [-0.15, -0.1) is 10.2 Å². The van der Waals surface area contributed by atoms with Gasteiger partial charge in [0.05, 0.1) is 6.54 Å². The van der Waals surface area contributed by atoms with Crippen LogP contribution < -0.4 is 0 Å². The summed E-state index contributed by atoms with van der Waals surface area (Å²) in [6.07, 6.45) is 0.634. The Morgan fingerprint density at radius 1 is 1.22 bits per heavy atom. The fraction of sp³-hybridized carbons (Fsp3) is 0.800. The van der Waals surface area contributed by atoms with E-state index in [1.165, 1.54) is 15.7 Å². The van der Waals surface area contributed by atoms with Gasteiger partial charge in [-0.3, -0.25) is 0 Å². The second-order valence-corrected chi connectivity index (χ2v) is 6.41. The number of aryl methyl sites for hydroxylation is 1. The van der Waals surface area contributed by atoms with Crippen LogP contribution in [0.2, 0.25) is 0 Å². The Morgan fingerprint density at radius 2 is 1.78 bits per heavy atom. The van der Waals surface area contributed by atoms with Gasteiger partial charge >= 0.3 is 0 Å². The van der Waals surface area contributed by atoms with E-state index in [0.29, 0.717) is 18.2 Å². The molecule has 0 bridgehead atoms. The van der Waals surface area contributed by atoms with Gasteiger partial charge in [-0.05, 0) is 13.8 Å². The zero-order valence-corrected chi connectivity index (χ0v) is 12.2. The Bertz CT molecular complexity index is 483. The van der Waals surface area contributed by atoms with Crippen molar-refractivity contribution in [3.05, 3.63) is 11.8 Å². The molecule has 0 aliphatic rings. The van der Waals surface area contributed by atoms with Gasteiger partial charge in [-0.1, -0.05) is 6.92 Å². The van der Waals surface area contributed by atoms with Crippen molar-refractivity contribution in [2.24, 2.45) is 0 Å². The summed E-state index contributed by atoms with van der Waals surface area (Å²) in [7, 11) is -0.461. The van der Waals surface area contributed by atoms with E-state index in [1.54, 1.807) is 7.05 Å². The van der Waals surface area contributed by atoms with Crippen molar-refractivity contribution in [1.82, 2.24) is 18.8 Å². The van der Waals surface area contributed by atoms with Gasteiger partial charge in [-0.25, -0.2) is 0 Å². The third kappa shape index (κ3) is 3.27. The fourth-order valence-corrected chi connectivity index (χ4v) is 2.50. The van der Waals surface area contributed by atoms with E-state index in [1.807, 2.05) is 20.8 Å². The molecule has 0 fully saturated rings. The molecule has 7 nitrogen and oxygen atoms in total. The molecule has 0 radical (unpaired) electrons. The van der Waals surface area contributed by atoms with Gasteiger partial charge in [-0.2, -0.15) is 17.0 Å². The van der Waals surface area contributed by atoms with Crippen LogP contribution in [0, 0.1) is 0 Å². The summed E-state index contributed by atoms with van der Waals surface area (Å²) in [5.74, 6) is 0.808. The molecule has 1 rings (SSSR count). The SMILES string of the molecule is CCc1nnc(CN(C)S(=O)(=O)N(C)C(C)C)o1. The topological polar surface area (TPSA) is 79.5 Å². The van der Waals surface area contributed by atoms with Crippen molar-refractivity contribution in [3.8, 4) is 0 Å². The molecular formula is C10H20N4O3S. The summed E-state index contributed by atoms with van der Waals surface area (Å²) in [4.78, 5) is 0. The van der Waals surface area contributed by atoms with E-state index >= 15 is 0 Å². The van der Waals surface area contributed by atoms with Crippen LogP contribution in [0.15, 0.2) is 4.42 Å². The zero-order chi connectivity index (χ0) is 13.9. The van der Waals surface area contributed by atoms with Crippen LogP contribution in [0.4, 0.5) is 0 Å². The molecule has 0 saturated carbocycles. The number of aromatic nitrogens is 2. The average Bonchev–Trinajstić information content (AvgIpc) is 2.75. The molecule has 1 heterocycles. The maximum absolute atomic E-state index is 12.1. The lowest BCUT2D eigenvalue weighted by Gasteiger charge is -2.26. The van der Waals surface area contributed by atoms with Gasteiger partial charge in [0.25, 0.3) is 10.2 Å². The lowest BCUT2D eigenvalue weighted by atomic mass is 10.4. The summed E-state index contributed by atoms with van der Waals surface area (Å²) in [6.45, 7) is 5.59. The minimum absolute atomic E-state index is 0.0758. The van der Waals surface area contributed by atoms with Gasteiger partial charge < -0.3 is 4.42 Å². The van der Waals surface area contributed by atoms with E-state index in [2.05, 4.69) is 10.2 Å². The zero-order valence-electron chi connectivity index (χ0n) is 11.4. The molecule has 1 aromatic rings. The quantitative estimate of drug-likeness (QED) is 0.762. The molecule has 0 unspecified atom stereocenters. The molecule has 0 aliphatic carbocycles. The molecule has 8 heteroatoms. The second-order valence-electron chi connectivity index (χ2n) is 4.32. The Morgan fingerprint density at radius 3 is 2.22 bits per heavy atom. The molecule has 0 amide bonds. The lowest BCUT2D eigenvalue weighted by Crippen LogP contribution is -2.42. The molecule has 104 valence electrons. The molecular weight excluding hydrogens is 256 g/mol. The lowest BCUT2D eigenvalue weighted by molar-refractivity contribution is 0.332.